The maximum atomic E-state index is 13.0. The van der Waals surface area contributed by atoms with Crippen LogP contribution >= 0.6 is 0 Å². The smallest absolute Gasteiger partial charge is 0.321 e. The molecule has 2 aromatic heterocycles. The summed E-state index contributed by atoms with van der Waals surface area (Å²) in [5.74, 6) is 0.459. The van der Waals surface area contributed by atoms with Crippen LogP contribution in [0.5, 0.6) is 0 Å². The van der Waals surface area contributed by atoms with Crippen LogP contribution in [0, 0.1) is 11.3 Å². The second-order valence-corrected chi connectivity index (χ2v) is 5.81. The van der Waals surface area contributed by atoms with Crippen LogP contribution in [0.3, 0.4) is 0 Å². The molecule has 7 heteroatoms. The molecule has 0 amide bonds. The van der Waals surface area contributed by atoms with Gasteiger partial charge >= 0.3 is 6.18 Å². The van der Waals surface area contributed by atoms with E-state index in [0.717, 1.165) is 30.6 Å². The molecular formula is C17H11F3N4. The molecule has 4 nitrogen and oxygen atoms in total. The molecule has 0 unspecified atom stereocenters. The van der Waals surface area contributed by atoms with Crippen molar-refractivity contribution in [3.05, 3.63) is 47.8 Å². The fourth-order valence-electron chi connectivity index (χ4n) is 2.79. The molecule has 3 aromatic rings. The van der Waals surface area contributed by atoms with Crippen LogP contribution in [0.1, 0.15) is 30.0 Å². The predicted molar refractivity (Wildman–Crippen MR) is 81.0 cm³/mol. The Balaban J connectivity index is 1.93. The second-order valence-electron chi connectivity index (χ2n) is 5.81. The lowest BCUT2D eigenvalue weighted by molar-refractivity contribution is -0.137. The maximum absolute atomic E-state index is 13.0. The molecule has 1 aromatic carbocycles. The van der Waals surface area contributed by atoms with E-state index in [4.69, 9.17) is 5.26 Å². The van der Waals surface area contributed by atoms with Crippen molar-refractivity contribution in [2.45, 2.75) is 25.1 Å². The van der Waals surface area contributed by atoms with E-state index in [1.54, 1.807) is 18.2 Å². The molecule has 1 aliphatic carbocycles. The summed E-state index contributed by atoms with van der Waals surface area (Å²) >= 11 is 0. The number of imidazole rings is 1. The number of halogens is 3. The van der Waals surface area contributed by atoms with Crippen LogP contribution in [0.25, 0.3) is 22.4 Å². The summed E-state index contributed by atoms with van der Waals surface area (Å²) < 4.78 is 40.8. The van der Waals surface area contributed by atoms with Crippen molar-refractivity contribution in [1.29, 1.82) is 5.26 Å². The Hall–Kier alpha value is -2.88. The Bertz CT molecular complexity index is 978. The number of nitrogens with zero attached hydrogens (tertiary/aromatic N) is 4. The number of benzene rings is 1. The van der Waals surface area contributed by atoms with Gasteiger partial charge in [-0.2, -0.15) is 18.4 Å². The lowest BCUT2D eigenvalue weighted by Crippen LogP contribution is -2.06. The second kappa shape index (κ2) is 5.06. The van der Waals surface area contributed by atoms with Gasteiger partial charge in [0.05, 0.1) is 28.2 Å². The first-order valence-electron chi connectivity index (χ1n) is 7.42. The first-order valence-corrected chi connectivity index (χ1v) is 7.42. The molecule has 0 N–H and O–H groups in total. The number of alkyl halides is 3. The highest BCUT2D eigenvalue weighted by molar-refractivity contribution is 5.82. The average molecular weight is 328 g/mol. The zero-order chi connectivity index (χ0) is 16.9. The van der Waals surface area contributed by atoms with Crippen LogP contribution < -0.4 is 0 Å². The van der Waals surface area contributed by atoms with Gasteiger partial charge in [-0.25, -0.2) is 4.98 Å². The molecule has 0 bridgehead atoms. The monoisotopic (exact) mass is 328 g/mol. The van der Waals surface area contributed by atoms with Gasteiger partial charge in [0.2, 0.25) is 0 Å². The molecule has 0 aliphatic heterocycles. The molecule has 2 heterocycles. The zero-order valence-electron chi connectivity index (χ0n) is 12.4. The molecule has 1 saturated carbocycles. The number of nitriles is 1. The maximum Gasteiger partial charge on any atom is 0.417 e. The van der Waals surface area contributed by atoms with Crippen LogP contribution in [-0.2, 0) is 6.18 Å². The van der Waals surface area contributed by atoms with Gasteiger partial charge in [-0.1, -0.05) is 0 Å². The minimum absolute atomic E-state index is 0.229. The Labute approximate surface area is 135 Å². The van der Waals surface area contributed by atoms with Gasteiger partial charge in [0.25, 0.3) is 0 Å². The van der Waals surface area contributed by atoms with Crippen LogP contribution in [-0.4, -0.2) is 14.5 Å². The highest BCUT2D eigenvalue weighted by Crippen LogP contribution is 2.42. The van der Waals surface area contributed by atoms with Gasteiger partial charge in [-0.3, -0.25) is 4.98 Å². The highest BCUT2D eigenvalue weighted by atomic mass is 19.4. The molecule has 0 radical (unpaired) electrons. The normalized spacial score (nSPS) is 14.8. The Morgan fingerprint density at radius 3 is 2.62 bits per heavy atom. The van der Waals surface area contributed by atoms with Gasteiger partial charge in [0, 0.05) is 24.0 Å². The minimum Gasteiger partial charge on any atom is -0.321 e. The number of aromatic nitrogens is 3. The zero-order valence-corrected chi connectivity index (χ0v) is 12.4. The third-order valence-corrected chi connectivity index (χ3v) is 4.05. The highest BCUT2D eigenvalue weighted by Gasteiger charge is 2.33. The van der Waals surface area contributed by atoms with Crippen LogP contribution in [0.2, 0.25) is 0 Å². The third-order valence-electron chi connectivity index (χ3n) is 4.05. The van der Waals surface area contributed by atoms with E-state index in [0.29, 0.717) is 22.5 Å². The van der Waals surface area contributed by atoms with Crippen molar-refractivity contribution < 1.29 is 13.2 Å². The molecule has 1 aliphatic rings. The van der Waals surface area contributed by atoms with E-state index in [9.17, 15) is 13.2 Å². The lowest BCUT2D eigenvalue weighted by atomic mass is 10.2. The molecule has 0 saturated heterocycles. The third kappa shape index (κ3) is 2.40. The summed E-state index contributed by atoms with van der Waals surface area (Å²) in [6, 6.07) is 8.49. The van der Waals surface area contributed by atoms with E-state index < -0.39 is 11.7 Å². The number of pyridine rings is 1. The van der Waals surface area contributed by atoms with Gasteiger partial charge in [0.1, 0.15) is 5.82 Å². The van der Waals surface area contributed by atoms with Crippen LogP contribution in [0.15, 0.2) is 36.7 Å². The van der Waals surface area contributed by atoms with Gasteiger partial charge in [-0.05, 0) is 37.1 Å². The topological polar surface area (TPSA) is 54.5 Å². The SMILES string of the molecule is N#Cc1ccc2c(c1)nc(-c1cncc(C(F)(F)F)c1)n2C1CC1. The van der Waals surface area contributed by atoms with E-state index in [1.165, 1.54) is 6.20 Å². The first kappa shape index (κ1) is 14.7. The van der Waals surface area contributed by atoms with Crippen molar-refractivity contribution >= 4 is 11.0 Å². The minimum atomic E-state index is -4.45. The molecule has 0 atom stereocenters. The average Bonchev–Trinajstić information content (AvgIpc) is 3.33. The molecule has 0 spiro atoms. The summed E-state index contributed by atoms with van der Waals surface area (Å²) in [5.41, 5.74) is 1.42. The van der Waals surface area contributed by atoms with Crippen molar-refractivity contribution in [1.82, 2.24) is 14.5 Å². The Morgan fingerprint density at radius 1 is 1.17 bits per heavy atom. The van der Waals surface area contributed by atoms with Crippen molar-refractivity contribution in [3.63, 3.8) is 0 Å². The Morgan fingerprint density at radius 2 is 1.96 bits per heavy atom. The van der Waals surface area contributed by atoms with Gasteiger partial charge in [-0.15, -0.1) is 0 Å². The van der Waals surface area contributed by atoms with Crippen molar-refractivity contribution in [2.24, 2.45) is 0 Å². The van der Waals surface area contributed by atoms with Crippen LogP contribution in [0.4, 0.5) is 13.2 Å². The van der Waals surface area contributed by atoms with Crippen molar-refractivity contribution in [3.8, 4) is 17.5 Å². The quantitative estimate of drug-likeness (QED) is 0.704. The molecule has 1 fully saturated rings. The number of fused-ring (bicyclic) bond motifs is 1. The molecule has 120 valence electrons. The Kier molecular flexibility index (Phi) is 3.10. The molecular weight excluding hydrogens is 317 g/mol. The van der Waals surface area contributed by atoms with E-state index >= 15 is 0 Å². The fourth-order valence-corrected chi connectivity index (χ4v) is 2.79. The van der Waals surface area contributed by atoms with Gasteiger partial charge < -0.3 is 4.57 Å². The molecule has 4 rings (SSSR count). The largest absolute Gasteiger partial charge is 0.417 e. The van der Waals surface area contributed by atoms with E-state index in [2.05, 4.69) is 16.0 Å². The van der Waals surface area contributed by atoms with E-state index in [1.807, 2.05) is 4.57 Å². The number of hydrogen-bond acceptors (Lipinski definition) is 3. The lowest BCUT2D eigenvalue weighted by Gasteiger charge is -2.10. The van der Waals surface area contributed by atoms with Crippen molar-refractivity contribution in [2.75, 3.05) is 0 Å². The summed E-state index contributed by atoms with van der Waals surface area (Å²) in [4.78, 5) is 8.21. The number of hydrogen-bond donors (Lipinski definition) is 0. The standard InChI is InChI=1S/C17H11F3N4/c18-17(19,20)12-6-11(8-22-9-12)16-23-14-5-10(7-21)1-4-15(14)24(16)13-2-3-13/h1,4-6,8-9,13H,2-3H2. The summed E-state index contributed by atoms with van der Waals surface area (Å²) in [5, 5.41) is 9.02. The summed E-state index contributed by atoms with van der Waals surface area (Å²) in [7, 11) is 0. The predicted octanol–water partition coefficient (Wildman–Crippen LogP) is 4.32. The first-order chi connectivity index (χ1) is 11.5. The summed E-state index contributed by atoms with van der Waals surface area (Å²) in [6.07, 6.45) is -0.328. The van der Waals surface area contributed by atoms with E-state index in [-0.39, 0.29) is 6.04 Å². The molecule has 24 heavy (non-hydrogen) atoms. The fraction of sp³-hybridized carbons (Fsp3) is 0.235. The summed E-state index contributed by atoms with van der Waals surface area (Å²) in [6.45, 7) is 0. The number of rotatable bonds is 2. The van der Waals surface area contributed by atoms with Gasteiger partial charge in [0.15, 0.2) is 0 Å².